The smallest absolute Gasteiger partial charge is 0.256 e. The molecule has 5 heteroatoms. The predicted molar refractivity (Wildman–Crippen MR) is 108 cm³/mol. The van der Waals surface area contributed by atoms with Crippen LogP contribution in [0.15, 0.2) is 59.7 Å². The molecule has 0 aliphatic carbocycles. The fourth-order valence-corrected chi connectivity index (χ4v) is 4.28. The van der Waals surface area contributed by atoms with Crippen LogP contribution >= 0.6 is 0 Å². The van der Waals surface area contributed by atoms with E-state index in [1.165, 1.54) is 5.56 Å². The third-order valence-electron chi connectivity index (χ3n) is 5.69. The maximum atomic E-state index is 12.3. The fourth-order valence-electron chi connectivity index (χ4n) is 4.28. The first kappa shape index (κ1) is 16.3. The van der Waals surface area contributed by atoms with Gasteiger partial charge >= 0.3 is 0 Å². The van der Waals surface area contributed by atoms with Gasteiger partial charge < -0.3 is 9.97 Å². The molecule has 5 rings (SSSR count). The Hall–Kier alpha value is -2.92. The van der Waals surface area contributed by atoms with Gasteiger partial charge in [0.05, 0.1) is 11.0 Å². The van der Waals surface area contributed by atoms with Gasteiger partial charge in [-0.25, -0.2) is 0 Å². The number of piperidine rings is 1. The molecule has 0 radical (unpaired) electrons. The molecular formula is C22H22N4O. The number of likely N-dealkylation sites (tertiary alicyclic amines) is 1. The molecule has 3 aromatic heterocycles. The SMILES string of the molecule is O=c1[nH]c(CN2CCC(c3c[nH]c4cccnc34)CC2)cc2ccccc12. The van der Waals surface area contributed by atoms with E-state index in [0.717, 1.165) is 60.0 Å². The lowest BCUT2D eigenvalue weighted by atomic mass is 9.90. The van der Waals surface area contributed by atoms with Gasteiger partial charge in [-0.05, 0) is 67.1 Å². The highest BCUT2D eigenvalue weighted by atomic mass is 16.1. The lowest BCUT2D eigenvalue weighted by molar-refractivity contribution is 0.203. The van der Waals surface area contributed by atoms with Gasteiger partial charge in [-0.3, -0.25) is 14.7 Å². The van der Waals surface area contributed by atoms with Gasteiger partial charge in [0.2, 0.25) is 0 Å². The summed E-state index contributed by atoms with van der Waals surface area (Å²) in [5.41, 5.74) is 4.55. The van der Waals surface area contributed by atoms with Crippen LogP contribution in [0.3, 0.4) is 0 Å². The third kappa shape index (κ3) is 3.04. The molecule has 0 bridgehead atoms. The van der Waals surface area contributed by atoms with E-state index in [0.29, 0.717) is 5.92 Å². The number of hydrogen-bond donors (Lipinski definition) is 2. The van der Waals surface area contributed by atoms with E-state index in [1.54, 1.807) is 0 Å². The van der Waals surface area contributed by atoms with E-state index in [1.807, 2.05) is 36.5 Å². The van der Waals surface area contributed by atoms with Crippen LogP contribution < -0.4 is 5.56 Å². The number of aromatic nitrogens is 3. The fraction of sp³-hybridized carbons (Fsp3) is 0.273. The molecule has 2 N–H and O–H groups in total. The van der Waals surface area contributed by atoms with Crippen molar-refractivity contribution in [2.75, 3.05) is 13.1 Å². The second kappa shape index (κ2) is 6.67. The standard InChI is InChI=1S/C22H22N4O/c27-22-18-5-2-1-4-16(18)12-17(25-22)14-26-10-7-15(8-11-26)19-13-24-20-6-3-9-23-21(19)20/h1-6,9,12-13,15,24H,7-8,10-11,14H2,(H,25,27). The Labute approximate surface area is 157 Å². The summed E-state index contributed by atoms with van der Waals surface area (Å²) in [5.74, 6) is 0.542. The van der Waals surface area contributed by atoms with Crippen LogP contribution in [0.25, 0.3) is 21.8 Å². The summed E-state index contributed by atoms with van der Waals surface area (Å²) in [6.45, 7) is 2.84. The molecule has 4 aromatic rings. The van der Waals surface area contributed by atoms with E-state index in [9.17, 15) is 4.79 Å². The average molecular weight is 358 g/mol. The molecule has 0 spiro atoms. The van der Waals surface area contributed by atoms with Crippen molar-refractivity contribution in [1.29, 1.82) is 0 Å². The summed E-state index contributed by atoms with van der Waals surface area (Å²) in [6, 6.07) is 13.9. The minimum atomic E-state index is 0.00264. The normalized spacial score (nSPS) is 16.3. The number of nitrogens with one attached hydrogen (secondary N) is 2. The Morgan fingerprint density at radius 3 is 2.85 bits per heavy atom. The topological polar surface area (TPSA) is 64.8 Å². The van der Waals surface area contributed by atoms with Crippen LogP contribution in [-0.2, 0) is 6.54 Å². The van der Waals surface area contributed by atoms with Crippen LogP contribution in [0.2, 0.25) is 0 Å². The van der Waals surface area contributed by atoms with Crippen molar-refractivity contribution >= 4 is 21.8 Å². The maximum Gasteiger partial charge on any atom is 0.256 e. The molecule has 1 aliphatic heterocycles. The first-order valence-electron chi connectivity index (χ1n) is 9.53. The van der Waals surface area contributed by atoms with Crippen LogP contribution in [-0.4, -0.2) is 32.9 Å². The van der Waals surface area contributed by atoms with Crippen molar-refractivity contribution in [3.8, 4) is 0 Å². The zero-order valence-electron chi connectivity index (χ0n) is 15.1. The van der Waals surface area contributed by atoms with E-state index >= 15 is 0 Å². The van der Waals surface area contributed by atoms with Crippen molar-refractivity contribution < 1.29 is 0 Å². The van der Waals surface area contributed by atoms with Gasteiger partial charge in [0, 0.05) is 30.0 Å². The molecule has 4 heterocycles. The van der Waals surface area contributed by atoms with E-state index in [4.69, 9.17) is 0 Å². The monoisotopic (exact) mass is 358 g/mol. The van der Waals surface area contributed by atoms with Gasteiger partial charge in [0.15, 0.2) is 0 Å². The van der Waals surface area contributed by atoms with E-state index < -0.39 is 0 Å². The summed E-state index contributed by atoms with van der Waals surface area (Å²) < 4.78 is 0. The van der Waals surface area contributed by atoms with E-state index in [-0.39, 0.29) is 5.56 Å². The summed E-state index contributed by atoms with van der Waals surface area (Å²) in [7, 11) is 0. The zero-order valence-corrected chi connectivity index (χ0v) is 15.1. The average Bonchev–Trinajstić information content (AvgIpc) is 3.13. The molecule has 1 aliphatic rings. The van der Waals surface area contributed by atoms with Gasteiger partial charge in [-0.1, -0.05) is 18.2 Å². The highest BCUT2D eigenvalue weighted by Gasteiger charge is 2.23. The van der Waals surface area contributed by atoms with Crippen molar-refractivity contribution in [3.05, 3.63) is 76.5 Å². The Kier molecular flexibility index (Phi) is 4.02. The molecule has 1 aromatic carbocycles. The zero-order chi connectivity index (χ0) is 18.2. The lowest BCUT2D eigenvalue weighted by Gasteiger charge is -2.31. The summed E-state index contributed by atoms with van der Waals surface area (Å²) in [5, 5.41) is 1.77. The number of aromatic amines is 2. The number of nitrogens with zero attached hydrogens (tertiary/aromatic N) is 2. The number of H-pyrrole nitrogens is 2. The Balaban J connectivity index is 1.30. The Morgan fingerprint density at radius 2 is 1.96 bits per heavy atom. The first-order valence-corrected chi connectivity index (χ1v) is 9.53. The molecule has 0 atom stereocenters. The first-order chi connectivity index (χ1) is 13.3. The van der Waals surface area contributed by atoms with Crippen molar-refractivity contribution in [2.24, 2.45) is 0 Å². The van der Waals surface area contributed by atoms with Crippen LogP contribution in [0.1, 0.15) is 30.0 Å². The number of hydrogen-bond acceptors (Lipinski definition) is 3. The predicted octanol–water partition coefficient (Wildman–Crippen LogP) is 3.78. The number of rotatable bonds is 3. The maximum absolute atomic E-state index is 12.3. The van der Waals surface area contributed by atoms with Crippen LogP contribution in [0.5, 0.6) is 0 Å². The Bertz CT molecular complexity index is 1150. The second-order valence-corrected chi connectivity index (χ2v) is 7.40. The highest BCUT2D eigenvalue weighted by Crippen LogP contribution is 2.32. The second-order valence-electron chi connectivity index (χ2n) is 7.40. The van der Waals surface area contributed by atoms with Crippen molar-refractivity contribution in [2.45, 2.75) is 25.3 Å². The minimum Gasteiger partial charge on any atom is -0.360 e. The molecule has 1 fully saturated rings. The molecule has 5 nitrogen and oxygen atoms in total. The van der Waals surface area contributed by atoms with E-state index in [2.05, 4.69) is 38.2 Å². The summed E-state index contributed by atoms with van der Waals surface area (Å²) in [6.07, 6.45) is 6.21. The minimum absolute atomic E-state index is 0.00264. The van der Waals surface area contributed by atoms with Gasteiger partial charge in [0.1, 0.15) is 0 Å². The van der Waals surface area contributed by atoms with Crippen molar-refractivity contribution in [3.63, 3.8) is 0 Å². The summed E-state index contributed by atoms with van der Waals surface area (Å²) in [4.78, 5) is 25.7. The molecule has 0 amide bonds. The van der Waals surface area contributed by atoms with Crippen molar-refractivity contribution in [1.82, 2.24) is 19.9 Å². The quantitative estimate of drug-likeness (QED) is 0.586. The number of pyridine rings is 2. The molecular weight excluding hydrogens is 336 g/mol. The Morgan fingerprint density at radius 1 is 1.11 bits per heavy atom. The van der Waals surface area contributed by atoms with Gasteiger partial charge in [-0.15, -0.1) is 0 Å². The third-order valence-corrected chi connectivity index (χ3v) is 5.69. The number of benzene rings is 1. The van der Waals surface area contributed by atoms with Gasteiger partial charge in [0.25, 0.3) is 5.56 Å². The molecule has 27 heavy (non-hydrogen) atoms. The molecule has 136 valence electrons. The van der Waals surface area contributed by atoms with Gasteiger partial charge in [-0.2, -0.15) is 0 Å². The lowest BCUT2D eigenvalue weighted by Crippen LogP contribution is -2.33. The molecule has 0 unspecified atom stereocenters. The molecule has 0 saturated carbocycles. The molecule has 1 saturated heterocycles. The highest BCUT2D eigenvalue weighted by molar-refractivity contribution is 5.81. The number of fused-ring (bicyclic) bond motifs is 2. The largest absolute Gasteiger partial charge is 0.360 e. The van der Waals surface area contributed by atoms with Crippen LogP contribution in [0, 0.1) is 0 Å². The van der Waals surface area contributed by atoms with Crippen LogP contribution in [0.4, 0.5) is 0 Å². The summed E-state index contributed by atoms with van der Waals surface area (Å²) >= 11 is 0.